The average Bonchev–Trinajstić information content (AvgIpc) is 2.88. The van der Waals surface area contributed by atoms with Crippen molar-refractivity contribution in [3.05, 3.63) is 34.2 Å². The van der Waals surface area contributed by atoms with Crippen molar-refractivity contribution in [2.75, 3.05) is 25.0 Å². The molecule has 2 rings (SSSR count). The maximum absolute atomic E-state index is 12.0. The van der Waals surface area contributed by atoms with Crippen molar-refractivity contribution in [2.45, 2.75) is 19.0 Å². The van der Waals surface area contributed by atoms with Gasteiger partial charge in [-0.05, 0) is 13.0 Å². The molecule has 6 heteroatoms. The highest BCUT2D eigenvalue weighted by Gasteiger charge is 2.22. The van der Waals surface area contributed by atoms with E-state index in [1.54, 1.807) is 12.3 Å². The van der Waals surface area contributed by atoms with Crippen molar-refractivity contribution in [1.82, 2.24) is 15.1 Å². The van der Waals surface area contributed by atoms with Gasteiger partial charge in [0.1, 0.15) is 5.02 Å². The Balaban J connectivity index is 2.31. The summed E-state index contributed by atoms with van der Waals surface area (Å²) >= 11 is 6.14. The van der Waals surface area contributed by atoms with Crippen LogP contribution in [0.4, 0.5) is 5.69 Å². The van der Waals surface area contributed by atoms with Crippen molar-refractivity contribution in [2.24, 2.45) is 0 Å². The fourth-order valence-electron chi connectivity index (χ4n) is 2.12. The van der Waals surface area contributed by atoms with Crippen LogP contribution in [0.3, 0.4) is 0 Å². The van der Waals surface area contributed by atoms with Crippen molar-refractivity contribution >= 4 is 17.3 Å². The van der Waals surface area contributed by atoms with E-state index in [4.69, 9.17) is 11.6 Å². The molecule has 0 aromatic carbocycles. The van der Waals surface area contributed by atoms with Gasteiger partial charge in [0.25, 0.3) is 5.56 Å². The molecule has 1 aromatic heterocycles. The first-order chi connectivity index (χ1) is 8.65. The average molecular weight is 269 g/mol. The van der Waals surface area contributed by atoms with Crippen LogP contribution in [0.5, 0.6) is 0 Å². The highest BCUT2D eigenvalue weighted by molar-refractivity contribution is 6.33. The number of hydrogen-bond donors (Lipinski definition) is 1. The largest absolute Gasteiger partial charge is 0.368 e. The molecule has 1 N–H and O–H groups in total. The molecule has 1 aromatic rings. The molecule has 1 unspecified atom stereocenters. The normalized spacial score (nSPS) is 18.9. The smallest absolute Gasteiger partial charge is 0.287 e. The van der Waals surface area contributed by atoms with Gasteiger partial charge in [-0.1, -0.05) is 17.7 Å². The van der Waals surface area contributed by atoms with Gasteiger partial charge in [0.05, 0.1) is 18.4 Å². The predicted molar refractivity (Wildman–Crippen MR) is 73.4 cm³/mol. The molecule has 0 aliphatic carbocycles. The number of nitrogens with zero attached hydrogens (tertiary/aromatic N) is 3. The Kier molecular flexibility index (Phi) is 4.04. The molecule has 0 amide bonds. The molecule has 0 saturated carbocycles. The van der Waals surface area contributed by atoms with Gasteiger partial charge in [0.2, 0.25) is 0 Å². The third-order valence-electron chi connectivity index (χ3n) is 3.23. The molecule has 0 bridgehead atoms. The molecule has 1 aliphatic rings. The molecule has 1 saturated heterocycles. The number of allylic oxidation sites excluding steroid dienone is 1. The number of aromatic nitrogens is 2. The van der Waals surface area contributed by atoms with E-state index in [0.29, 0.717) is 18.3 Å². The molecule has 2 heterocycles. The maximum Gasteiger partial charge on any atom is 0.287 e. The fourth-order valence-corrected chi connectivity index (χ4v) is 2.40. The highest BCUT2D eigenvalue weighted by Crippen LogP contribution is 2.23. The van der Waals surface area contributed by atoms with Crippen molar-refractivity contribution < 1.29 is 0 Å². The maximum atomic E-state index is 12.0. The third-order valence-corrected chi connectivity index (χ3v) is 3.59. The van der Waals surface area contributed by atoms with Gasteiger partial charge < -0.3 is 10.2 Å². The van der Waals surface area contributed by atoms with Crippen LogP contribution in [0, 0.1) is 0 Å². The van der Waals surface area contributed by atoms with Crippen molar-refractivity contribution in [1.29, 1.82) is 0 Å². The molecule has 5 nitrogen and oxygen atoms in total. The van der Waals surface area contributed by atoms with Gasteiger partial charge in [-0.3, -0.25) is 4.79 Å². The Morgan fingerprint density at radius 3 is 3.17 bits per heavy atom. The molecule has 18 heavy (non-hydrogen) atoms. The second-order valence-electron chi connectivity index (χ2n) is 4.38. The van der Waals surface area contributed by atoms with E-state index in [-0.39, 0.29) is 10.6 Å². The molecule has 0 spiro atoms. The Morgan fingerprint density at radius 1 is 1.78 bits per heavy atom. The Labute approximate surface area is 111 Å². The third kappa shape index (κ3) is 2.42. The first-order valence-corrected chi connectivity index (χ1v) is 6.33. The van der Waals surface area contributed by atoms with Gasteiger partial charge in [-0.2, -0.15) is 5.10 Å². The number of hydrogen-bond acceptors (Lipinski definition) is 4. The topological polar surface area (TPSA) is 50.2 Å². The zero-order valence-electron chi connectivity index (χ0n) is 10.4. The second-order valence-corrected chi connectivity index (χ2v) is 4.76. The van der Waals surface area contributed by atoms with E-state index in [1.807, 2.05) is 11.9 Å². The van der Waals surface area contributed by atoms with Crippen LogP contribution in [-0.4, -0.2) is 36.0 Å². The first kappa shape index (κ1) is 13.1. The summed E-state index contributed by atoms with van der Waals surface area (Å²) in [6.45, 7) is 5.85. The van der Waals surface area contributed by atoms with Gasteiger partial charge in [0.15, 0.2) is 0 Å². The molecular weight excluding hydrogens is 252 g/mol. The van der Waals surface area contributed by atoms with Crippen LogP contribution in [0.2, 0.25) is 5.02 Å². The van der Waals surface area contributed by atoms with Gasteiger partial charge in [-0.25, -0.2) is 4.68 Å². The molecular formula is C12H17ClN4O. The summed E-state index contributed by atoms with van der Waals surface area (Å²) in [6.07, 6.45) is 4.31. The lowest BCUT2D eigenvalue weighted by molar-refractivity contribution is 0.638. The SMILES string of the molecule is C=CCn1ncc(N(C)C2CCNC2)c(Cl)c1=O. The summed E-state index contributed by atoms with van der Waals surface area (Å²) in [4.78, 5) is 14.0. The number of likely N-dealkylation sites (N-methyl/N-ethyl adjacent to an activating group) is 1. The van der Waals surface area contributed by atoms with Crippen molar-refractivity contribution in [3.8, 4) is 0 Å². The van der Waals surface area contributed by atoms with E-state index in [2.05, 4.69) is 17.0 Å². The van der Waals surface area contributed by atoms with Crippen LogP contribution in [0.1, 0.15) is 6.42 Å². The van der Waals surface area contributed by atoms with Crippen molar-refractivity contribution in [3.63, 3.8) is 0 Å². The van der Waals surface area contributed by atoms with E-state index >= 15 is 0 Å². The van der Waals surface area contributed by atoms with E-state index in [0.717, 1.165) is 19.5 Å². The van der Waals surface area contributed by atoms with Gasteiger partial charge >= 0.3 is 0 Å². The minimum Gasteiger partial charge on any atom is -0.368 e. The standard InChI is InChI=1S/C12H17ClN4O/c1-3-6-17-12(18)11(13)10(8-15-17)16(2)9-4-5-14-7-9/h3,8-9,14H,1,4-7H2,2H3. The quantitative estimate of drug-likeness (QED) is 0.824. The lowest BCUT2D eigenvalue weighted by Crippen LogP contribution is -2.35. The number of anilines is 1. The number of halogens is 1. The van der Waals surface area contributed by atoms with E-state index < -0.39 is 0 Å². The summed E-state index contributed by atoms with van der Waals surface area (Å²) in [5.41, 5.74) is 0.419. The van der Waals surface area contributed by atoms with E-state index in [9.17, 15) is 4.79 Å². The van der Waals surface area contributed by atoms with Crippen LogP contribution in [0.15, 0.2) is 23.6 Å². The Bertz CT molecular complexity index is 493. The summed E-state index contributed by atoms with van der Waals surface area (Å²) < 4.78 is 1.31. The highest BCUT2D eigenvalue weighted by atomic mass is 35.5. The fraction of sp³-hybridized carbons (Fsp3) is 0.500. The Morgan fingerprint density at radius 2 is 2.56 bits per heavy atom. The Hall–Kier alpha value is -1.33. The van der Waals surface area contributed by atoms with E-state index in [1.165, 1.54) is 4.68 Å². The summed E-state index contributed by atoms with van der Waals surface area (Å²) in [5, 5.41) is 7.62. The first-order valence-electron chi connectivity index (χ1n) is 5.95. The molecule has 98 valence electrons. The summed E-state index contributed by atoms with van der Waals surface area (Å²) in [5.74, 6) is 0. The number of rotatable bonds is 4. The van der Waals surface area contributed by atoms with Crippen LogP contribution >= 0.6 is 11.6 Å². The second kappa shape index (κ2) is 5.54. The summed E-state index contributed by atoms with van der Waals surface area (Å²) in [7, 11) is 1.94. The number of nitrogens with one attached hydrogen (secondary N) is 1. The van der Waals surface area contributed by atoms with Gasteiger partial charge in [0, 0.05) is 19.6 Å². The zero-order chi connectivity index (χ0) is 13.1. The molecule has 1 fully saturated rings. The molecule has 0 radical (unpaired) electrons. The zero-order valence-corrected chi connectivity index (χ0v) is 11.2. The lowest BCUT2D eigenvalue weighted by atomic mass is 10.2. The summed E-state index contributed by atoms with van der Waals surface area (Å²) in [6, 6.07) is 0.360. The van der Waals surface area contributed by atoms with Crippen LogP contribution in [0.25, 0.3) is 0 Å². The molecule has 1 atom stereocenters. The molecule has 1 aliphatic heterocycles. The lowest BCUT2D eigenvalue weighted by Gasteiger charge is -2.26. The minimum absolute atomic E-state index is 0.223. The van der Waals surface area contributed by atoms with Crippen LogP contribution < -0.4 is 15.8 Å². The predicted octanol–water partition coefficient (Wildman–Crippen LogP) is 0.881. The van der Waals surface area contributed by atoms with Gasteiger partial charge in [-0.15, -0.1) is 6.58 Å². The monoisotopic (exact) mass is 268 g/mol. The van der Waals surface area contributed by atoms with Crippen LogP contribution in [-0.2, 0) is 6.54 Å². The minimum atomic E-state index is -0.271.